The molecule has 29 heavy (non-hydrogen) atoms. The number of aromatic hydroxyl groups is 1. The molecule has 10 heteroatoms. The second kappa shape index (κ2) is 7.51. The highest BCUT2D eigenvalue weighted by Crippen LogP contribution is 2.43. The first-order valence-corrected chi connectivity index (χ1v) is 9.97. The predicted molar refractivity (Wildman–Crippen MR) is 105 cm³/mol. The van der Waals surface area contributed by atoms with E-state index in [1.165, 1.54) is 23.5 Å². The Morgan fingerprint density at radius 1 is 1.17 bits per heavy atom. The number of halogens is 3. The lowest BCUT2D eigenvalue weighted by Gasteiger charge is -2.16. The van der Waals surface area contributed by atoms with E-state index in [4.69, 9.17) is 0 Å². The molecule has 0 bridgehead atoms. The topological polar surface area (TPSA) is 79.6 Å². The van der Waals surface area contributed by atoms with E-state index in [9.17, 15) is 18.3 Å². The van der Waals surface area contributed by atoms with Crippen LogP contribution in [0.2, 0.25) is 0 Å². The van der Waals surface area contributed by atoms with Crippen LogP contribution < -0.4 is 0 Å². The van der Waals surface area contributed by atoms with Crippen LogP contribution in [0, 0.1) is 0 Å². The van der Waals surface area contributed by atoms with Crippen molar-refractivity contribution in [1.82, 2.24) is 25.2 Å². The van der Waals surface area contributed by atoms with Crippen LogP contribution in [-0.2, 0) is 12.7 Å². The molecule has 0 atom stereocenters. The van der Waals surface area contributed by atoms with Gasteiger partial charge in [-0.2, -0.15) is 18.4 Å². The lowest BCUT2D eigenvalue weighted by atomic mass is 10.0. The number of hydrogen-bond acceptors (Lipinski definition) is 5. The molecule has 6 nitrogen and oxygen atoms in total. The van der Waals surface area contributed by atoms with E-state index >= 15 is 0 Å². The van der Waals surface area contributed by atoms with Crippen LogP contribution in [0.4, 0.5) is 13.2 Å². The van der Waals surface area contributed by atoms with Crippen molar-refractivity contribution in [3.63, 3.8) is 0 Å². The van der Waals surface area contributed by atoms with Crippen molar-refractivity contribution < 1.29 is 18.3 Å². The van der Waals surface area contributed by atoms with Crippen molar-refractivity contribution in [3.05, 3.63) is 35.9 Å². The molecule has 1 aromatic carbocycles. The van der Waals surface area contributed by atoms with E-state index in [1.807, 2.05) is 10.6 Å². The van der Waals surface area contributed by atoms with E-state index in [2.05, 4.69) is 27.5 Å². The van der Waals surface area contributed by atoms with E-state index in [0.717, 1.165) is 40.4 Å². The number of rotatable bonds is 6. The summed E-state index contributed by atoms with van der Waals surface area (Å²) in [6, 6.07) is 7.03. The normalized spacial score (nSPS) is 12.1. The molecule has 0 aliphatic heterocycles. The van der Waals surface area contributed by atoms with Crippen molar-refractivity contribution >= 4 is 21.6 Å². The molecule has 0 amide bonds. The largest absolute Gasteiger partial charge is 0.508 e. The zero-order chi connectivity index (χ0) is 20.6. The Kier molecular flexibility index (Phi) is 5.03. The van der Waals surface area contributed by atoms with Gasteiger partial charge in [-0.1, -0.05) is 19.8 Å². The highest BCUT2D eigenvalue weighted by molar-refractivity contribution is 7.22. The number of alkyl halides is 3. The van der Waals surface area contributed by atoms with Gasteiger partial charge >= 0.3 is 6.18 Å². The first-order chi connectivity index (χ1) is 13.9. The van der Waals surface area contributed by atoms with E-state index in [-0.39, 0.29) is 5.56 Å². The zero-order valence-electron chi connectivity index (χ0n) is 15.5. The minimum Gasteiger partial charge on any atom is -0.508 e. The molecule has 4 aromatic rings. The van der Waals surface area contributed by atoms with Gasteiger partial charge in [-0.15, -0.1) is 21.5 Å². The number of hydrogen-bond donors (Lipinski definition) is 2. The fourth-order valence-electron chi connectivity index (χ4n) is 3.39. The van der Waals surface area contributed by atoms with Gasteiger partial charge in [0.25, 0.3) is 0 Å². The van der Waals surface area contributed by atoms with Gasteiger partial charge in [0.2, 0.25) is 5.82 Å². The maximum atomic E-state index is 13.6. The van der Waals surface area contributed by atoms with Crippen LogP contribution in [0.5, 0.6) is 5.75 Å². The van der Waals surface area contributed by atoms with Gasteiger partial charge in [0.1, 0.15) is 5.75 Å². The molecule has 0 aliphatic carbocycles. The van der Waals surface area contributed by atoms with Crippen molar-refractivity contribution in [2.24, 2.45) is 0 Å². The number of nitrogens with one attached hydrogen (secondary N) is 1. The number of fused-ring (bicyclic) bond motifs is 1. The Morgan fingerprint density at radius 2 is 2.00 bits per heavy atom. The Labute approximate surface area is 168 Å². The van der Waals surface area contributed by atoms with E-state index in [1.54, 1.807) is 6.07 Å². The summed E-state index contributed by atoms with van der Waals surface area (Å²) in [6.45, 7) is 2.67. The lowest BCUT2D eigenvalue weighted by Crippen LogP contribution is -2.09. The summed E-state index contributed by atoms with van der Waals surface area (Å²) in [5.74, 6) is 0.0415. The molecule has 152 valence electrons. The summed E-state index contributed by atoms with van der Waals surface area (Å²) in [6.07, 6.45) is -1.75. The fraction of sp³-hybridized carbons (Fsp3) is 0.316. The number of tetrazole rings is 1. The van der Waals surface area contributed by atoms with Crippen LogP contribution in [0.25, 0.3) is 32.2 Å². The summed E-state index contributed by atoms with van der Waals surface area (Å²) in [5.41, 5.74) is 0.519. The number of aromatic amines is 1. The highest BCUT2D eigenvalue weighted by atomic mass is 32.1. The Morgan fingerprint density at radius 3 is 2.69 bits per heavy atom. The van der Waals surface area contributed by atoms with Crippen molar-refractivity contribution in [1.29, 1.82) is 0 Å². The number of unbranched alkanes of at least 4 members (excludes halogenated alkanes) is 2. The van der Waals surface area contributed by atoms with Gasteiger partial charge in [0.05, 0.1) is 26.4 Å². The van der Waals surface area contributed by atoms with Gasteiger partial charge in [-0.05, 0) is 42.0 Å². The van der Waals surface area contributed by atoms with Gasteiger partial charge in [-0.25, -0.2) is 0 Å². The Balaban J connectivity index is 1.88. The summed E-state index contributed by atoms with van der Waals surface area (Å²) in [5, 5.41) is 23.5. The SMILES string of the molecule is CCCCCn1c(-c2ccc(O)cc2C(F)(F)F)cc2sc(-c3nn[nH]n3)cc21. The molecule has 0 aliphatic rings. The minimum atomic E-state index is -4.57. The fourth-order valence-corrected chi connectivity index (χ4v) is 4.42. The summed E-state index contributed by atoms with van der Waals surface area (Å²) >= 11 is 1.40. The average molecular weight is 421 g/mol. The first kappa shape index (κ1) is 19.4. The number of thiophene rings is 1. The maximum absolute atomic E-state index is 13.6. The molecular formula is C19H18F3N5OS. The smallest absolute Gasteiger partial charge is 0.417 e. The monoisotopic (exact) mass is 421 g/mol. The second-order valence-corrected chi connectivity index (χ2v) is 7.80. The molecule has 0 saturated heterocycles. The third-order valence-electron chi connectivity index (χ3n) is 4.73. The summed E-state index contributed by atoms with van der Waals surface area (Å²) < 4.78 is 43.7. The first-order valence-electron chi connectivity index (χ1n) is 9.16. The summed E-state index contributed by atoms with van der Waals surface area (Å²) in [4.78, 5) is 0.793. The number of H-pyrrole nitrogens is 1. The molecule has 0 unspecified atom stereocenters. The van der Waals surface area contributed by atoms with Crippen LogP contribution in [-0.4, -0.2) is 30.3 Å². The predicted octanol–water partition coefficient (Wildman–Crippen LogP) is 5.46. The van der Waals surface area contributed by atoms with E-state index < -0.39 is 17.5 Å². The van der Waals surface area contributed by atoms with E-state index in [0.29, 0.717) is 18.1 Å². The molecule has 3 heterocycles. The van der Waals surface area contributed by atoms with Crippen LogP contribution in [0.1, 0.15) is 31.7 Å². The van der Waals surface area contributed by atoms with Gasteiger partial charge in [-0.3, -0.25) is 0 Å². The molecule has 3 aromatic heterocycles. The Hall–Kier alpha value is -2.88. The minimum absolute atomic E-state index is 0.0521. The van der Waals surface area contributed by atoms with Gasteiger partial charge in [0, 0.05) is 12.1 Å². The molecule has 0 radical (unpaired) electrons. The van der Waals surface area contributed by atoms with Crippen molar-refractivity contribution in [3.8, 4) is 27.7 Å². The molecule has 0 saturated carbocycles. The quantitative estimate of drug-likeness (QED) is 0.405. The highest BCUT2D eigenvalue weighted by Gasteiger charge is 2.35. The number of phenolic OH excluding ortho intramolecular Hbond substituents is 1. The third-order valence-corrected chi connectivity index (χ3v) is 5.79. The zero-order valence-corrected chi connectivity index (χ0v) is 16.3. The van der Waals surface area contributed by atoms with Crippen molar-refractivity contribution in [2.75, 3.05) is 0 Å². The lowest BCUT2D eigenvalue weighted by molar-refractivity contribution is -0.137. The van der Waals surface area contributed by atoms with Gasteiger partial charge in [0.15, 0.2) is 0 Å². The maximum Gasteiger partial charge on any atom is 0.417 e. The molecule has 4 rings (SSSR count). The average Bonchev–Trinajstić information content (AvgIpc) is 3.37. The summed E-state index contributed by atoms with van der Waals surface area (Å²) in [7, 11) is 0. The van der Waals surface area contributed by atoms with Crippen LogP contribution in [0.3, 0.4) is 0 Å². The number of aryl methyl sites for hydroxylation is 1. The second-order valence-electron chi connectivity index (χ2n) is 6.71. The van der Waals surface area contributed by atoms with Crippen LogP contribution >= 0.6 is 11.3 Å². The van der Waals surface area contributed by atoms with Crippen molar-refractivity contribution in [2.45, 2.75) is 38.9 Å². The van der Waals surface area contributed by atoms with Gasteiger partial charge < -0.3 is 9.67 Å². The van der Waals surface area contributed by atoms with Crippen LogP contribution in [0.15, 0.2) is 30.3 Å². The molecular weight excluding hydrogens is 403 g/mol. The molecule has 2 N–H and O–H groups in total. The number of nitrogens with zero attached hydrogens (tertiary/aromatic N) is 4. The standard InChI is InChI=1S/C19H18F3N5OS/c1-2-3-4-7-27-14(12-6-5-11(28)8-13(12)19(20,21)22)9-16-15(27)10-17(29-16)18-23-25-26-24-18/h5-6,8-10,28H,2-4,7H2,1H3,(H,23,24,25,26). The Bertz CT molecular complexity index is 1130. The number of benzene rings is 1. The molecule has 0 fully saturated rings. The number of aromatic nitrogens is 5. The number of phenols is 1. The molecule has 0 spiro atoms. The third kappa shape index (κ3) is 3.71.